The number of amides is 2. The Morgan fingerprint density at radius 3 is 2.39 bits per heavy atom. The van der Waals surface area contributed by atoms with E-state index >= 15 is 0 Å². The standard InChI is InChI=1S/C21H36N4O3/c1-5-20(27)24-11-10-22(19(15-24)16-26)9-7-6-8-21(28)23-12-13-25(17(2)3)18(4)14-23/h5-6,8,17-19,26H,1,7,9-16H2,2-4H3/b8-6+. The lowest BCUT2D eigenvalue weighted by Gasteiger charge is -2.41. The third-order valence-electron chi connectivity index (χ3n) is 5.80. The lowest BCUT2D eigenvalue weighted by Crippen LogP contribution is -2.56. The summed E-state index contributed by atoms with van der Waals surface area (Å²) < 4.78 is 0. The van der Waals surface area contributed by atoms with Crippen LogP contribution >= 0.6 is 0 Å². The Hall–Kier alpha value is -1.70. The van der Waals surface area contributed by atoms with Crippen LogP contribution in [0.3, 0.4) is 0 Å². The minimum Gasteiger partial charge on any atom is -0.395 e. The number of nitrogens with zero attached hydrogens (tertiary/aromatic N) is 4. The summed E-state index contributed by atoms with van der Waals surface area (Å²) in [6.07, 6.45) is 5.68. The van der Waals surface area contributed by atoms with Crippen molar-refractivity contribution < 1.29 is 14.7 Å². The summed E-state index contributed by atoms with van der Waals surface area (Å²) in [6.45, 7) is 15.2. The summed E-state index contributed by atoms with van der Waals surface area (Å²) in [5, 5.41) is 9.65. The maximum absolute atomic E-state index is 12.5. The van der Waals surface area contributed by atoms with Crippen LogP contribution < -0.4 is 0 Å². The Morgan fingerprint density at radius 2 is 1.79 bits per heavy atom. The predicted octanol–water partition coefficient (Wildman–Crippen LogP) is 0.565. The fraction of sp³-hybridized carbons (Fsp3) is 0.714. The molecule has 1 N–H and O–H groups in total. The molecule has 0 bridgehead atoms. The van der Waals surface area contributed by atoms with E-state index in [4.69, 9.17) is 0 Å². The molecule has 2 heterocycles. The van der Waals surface area contributed by atoms with E-state index in [1.807, 2.05) is 11.0 Å². The molecule has 7 heteroatoms. The van der Waals surface area contributed by atoms with Gasteiger partial charge in [0, 0.05) is 57.9 Å². The highest BCUT2D eigenvalue weighted by molar-refractivity contribution is 5.87. The molecule has 0 radical (unpaired) electrons. The van der Waals surface area contributed by atoms with Gasteiger partial charge in [0.1, 0.15) is 0 Å². The lowest BCUT2D eigenvalue weighted by atomic mass is 10.1. The van der Waals surface area contributed by atoms with E-state index in [0.29, 0.717) is 25.2 Å². The van der Waals surface area contributed by atoms with Crippen molar-refractivity contribution in [1.82, 2.24) is 19.6 Å². The van der Waals surface area contributed by atoms with E-state index in [1.54, 1.807) is 11.0 Å². The molecule has 2 aliphatic heterocycles. The molecule has 28 heavy (non-hydrogen) atoms. The summed E-state index contributed by atoms with van der Waals surface area (Å²) in [4.78, 5) is 32.5. The van der Waals surface area contributed by atoms with Gasteiger partial charge in [0.15, 0.2) is 0 Å². The van der Waals surface area contributed by atoms with Crippen LogP contribution in [0.1, 0.15) is 27.2 Å². The molecule has 2 aliphatic rings. The highest BCUT2D eigenvalue weighted by Gasteiger charge is 2.28. The van der Waals surface area contributed by atoms with Crippen molar-refractivity contribution >= 4 is 11.8 Å². The first kappa shape index (κ1) is 22.6. The molecule has 2 fully saturated rings. The molecule has 0 saturated carbocycles. The topological polar surface area (TPSA) is 67.3 Å². The fourth-order valence-corrected chi connectivity index (χ4v) is 4.16. The quantitative estimate of drug-likeness (QED) is 0.642. The zero-order valence-corrected chi connectivity index (χ0v) is 17.6. The van der Waals surface area contributed by atoms with Crippen LogP contribution in [0.5, 0.6) is 0 Å². The minimum absolute atomic E-state index is 0.0155. The largest absolute Gasteiger partial charge is 0.395 e. The molecule has 2 saturated heterocycles. The van der Waals surface area contributed by atoms with Crippen LogP contribution in [-0.2, 0) is 9.59 Å². The van der Waals surface area contributed by atoms with Crippen LogP contribution in [0.25, 0.3) is 0 Å². The highest BCUT2D eigenvalue weighted by Crippen LogP contribution is 2.14. The summed E-state index contributed by atoms with van der Waals surface area (Å²) in [6, 6.07) is 0.821. The molecule has 2 unspecified atom stereocenters. The van der Waals surface area contributed by atoms with E-state index < -0.39 is 0 Å². The Bertz CT molecular complexity index is 578. The van der Waals surface area contributed by atoms with Gasteiger partial charge in [0.25, 0.3) is 0 Å². The van der Waals surface area contributed by atoms with Crippen LogP contribution in [0.4, 0.5) is 0 Å². The van der Waals surface area contributed by atoms with Crippen molar-refractivity contribution in [1.29, 1.82) is 0 Å². The molecule has 2 rings (SSSR count). The van der Waals surface area contributed by atoms with Crippen molar-refractivity contribution in [3.63, 3.8) is 0 Å². The zero-order chi connectivity index (χ0) is 20.7. The first-order chi connectivity index (χ1) is 13.4. The SMILES string of the molecule is C=CC(=O)N1CCN(CC/C=C/C(=O)N2CCN(C(C)C)C(C)C2)C(CO)C1. The van der Waals surface area contributed by atoms with Crippen molar-refractivity contribution in [2.45, 2.75) is 45.3 Å². The third kappa shape index (κ3) is 5.90. The maximum atomic E-state index is 12.5. The second-order valence-electron chi connectivity index (χ2n) is 8.02. The summed E-state index contributed by atoms with van der Waals surface area (Å²) >= 11 is 0. The van der Waals surface area contributed by atoms with Crippen molar-refractivity contribution in [3.8, 4) is 0 Å². The average Bonchev–Trinajstić information content (AvgIpc) is 2.69. The molecule has 0 aromatic heterocycles. The zero-order valence-electron chi connectivity index (χ0n) is 17.6. The third-order valence-corrected chi connectivity index (χ3v) is 5.80. The van der Waals surface area contributed by atoms with Gasteiger partial charge >= 0.3 is 0 Å². The molecule has 158 valence electrons. The normalized spacial score (nSPS) is 24.9. The van der Waals surface area contributed by atoms with E-state index in [9.17, 15) is 14.7 Å². The molecule has 0 aromatic rings. The van der Waals surface area contributed by atoms with E-state index in [-0.39, 0.29) is 24.5 Å². The van der Waals surface area contributed by atoms with Gasteiger partial charge in [-0.25, -0.2) is 0 Å². The fourth-order valence-electron chi connectivity index (χ4n) is 4.16. The molecular formula is C21H36N4O3. The van der Waals surface area contributed by atoms with Gasteiger partial charge in [0.05, 0.1) is 12.6 Å². The average molecular weight is 393 g/mol. The Morgan fingerprint density at radius 1 is 1.11 bits per heavy atom. The van der Waals surface area contributed by atoms with Crippen LogP contribution in [0.15, 0.2) is 24.8 Å². The molecule has 0 aromatic carbocycles. The Labute approximate surface area is 169 Å². The predicted molar refractivity (Wildman–Crippen MR) is 111 cm³/mol. The van der Waals surface area contributed by atoms with Gasteiger partial charge in [-0.1, -0.05) is 12.7 Å². The van der Waals surface area contributed by atoms with Crippen LogP contribution in [0.2, 0.25) is 0 Å². The smallest absolute Gasteiger partial charge is 0.246 e. The molecular weight excluding hydrogens is 356 g/mol. The second kappa shape index (κ2) is 10.7. The maximum Gasteiger partial charge on any atom is 0.246 e. The molecule has 0 spiro atoms. The number of carbonyl (C=O) groups excluding carboxylic acids is 2. The van der Waals surface area contributed by atoms with E-state index in [0.717, 1.165) is 39.1 Å². The first-order valence-corrected chi connectivity index (χ1v) is 10.3. The number of aliphatic hydroxyl groups is 1. The Balaban J connectivity index is 1.76. The van der Waals surface area contributed by atoms with Gasteiger partial charge in [-0.05, 0) is 39.3 Å². The second-order valence-corrected chi connectivity index (χ2v) is 8.02. The lowest BCUT2D eigenvalue weighted by molar-refractivity contribution is -0.130. The van der Waals surface area contributed by atoms with Gasteiger partial charge in [-0.15, -0.1) is 0 Å². The number of carbonyl (C=O) groups is 2. The summed E-state index contributed by atoms with van der Waals surface area (Å²) in [5.41, 5.74) is 0. The van der Waals surface area contributed by atoms with Crippen LogP contribution in [0, 0.1) is 0 Å². The number of hydrogen-bond donors (Lipinski definition) is 1. The molecule has 2 atom stereocenters. The van der Waals surface area contributed by atoms with Gasteiger partial charge in [0.2, 0.25) is 11.8 Å². The number of rotatable bonds is 7. The highest BCUT2D eigenvalue weighted by atomic mass is 16.3. The van der Waals surface area contributed by atoms with Gasteiger partial charge in [-0.3, -0.25) is 19.4 Å². The first-order valence-electron chi connectivity index (χ1n) is 10.3. The monoisotopic (exact) mass is 392 g/mol. The number of hydrogen-bond acceptors (Lipinski definition) is 5. The minimum atomic E-state index is -0.0876. The number of aliphatic hydroxyl groups excluding tert-OH is 1. The molecule has 2 amide bonds. The molecule has 7 nitrogen and oxygen atoms in total. The number of piperazine rings is 2. The van der Waals surface area contributed by atoms with Crippen LogP contribution in [-0.4, -0.2) is 107 Å². The van der Waals surface area contributed by atoms with Gasteiger partial charge < -0.3 is 14.9 Å². The van der Waals surface area contributed by atoms with Gasteiger partial charge in [-0.2, -0.15) is 0 Å². The summed E-state index contributed by atoms with van der Waals surface area (Å²) in [7, 11) is 0. The van der Waals surface area contributed by atoms with Crippen molar-refractivity contribution in [2.75, 3.05) is 52.4 Å². The van der Waals surface area contributed by atoms with E-state index in [2.05, 4.69) is 37.1 Å². The van der Waals surface area contributed by atoms with Crippen molar-refractivity contribution in [2.24, 2.45) is 0 Å². The molecule has 0 aliphatic carbocycles. The summed E-state index contributed by atoms with van der Waals surface area (Å²) in [5.74, 6) is -0.00857. The van der Waals surface area contributed by atoms with Crippen molar-refractivity contribution in [3.05, 3.63) is 24.8 Å². The Kier molecular flexibility index (Phi) is 8.66. The van der Waals surface area contributed by atoms with E-state index in [1.165, 1.54) is 6.08 Å².